The van der Waals surface area contributed by atoms with Crippen LogP contribution in [0.4, 0.5) is 13.2 Å². The molecule has 0 amide bonds. The topological polar surface area (TPSA) is 65.0 Å². The van der Waals surface area contributed by atoms with Gasteiger partial charge in [-0.2, -0.15) is 13.2 Å². The Balaban J connectivity index is 1.75. The number of esters is 1. The molecule has 1 aromatic carbocycles. The van der Waals surface area contributed by atoms with Crippen LogP contribution in [0.5, 0.6) is 0 Å². The quantitative estimate of drug-likeness (QED) is 0.466. The lowest BCUT2D eigenvalue weighted by atomic mass is 9.91. The van der Waals surface area contributed by atoms with E-state index in [9.17, 15) is 18.0 Å². The number of rotatable bonds is 7. The monoisotopic (exact) mass is 429 g/mol. The van der Waals surface area contributed by atoms with Gasteiger partial charge in [-0.3, -0.25) is 4.98 Å². The van der Waals surface area contributed by atoms with Gasteiger partial charge in [-0.25, -0.2) is 14.8 Å². The Labute approximate surface area is 178 Å². The molecule has 0 saturated heterocycles. The van der Waals surface area contributed by atoms with Crippen molar-refractivity contribution in [3.05, 3.63) is 77.4 Å². The maximum Gasteiger partial charge on any atom is 0.416 e. The van der Waals surface area contributed by atoms with Gasteiger partial charge in [0.15, 0.2) is 5.82 Å². The molecule has 0 aliphatic heterocycles. The van der Waals surface area contributed by atoms with Gasteiger partial charge < -0.3 is 4.74 Å². The summed E-state index contributed by atoms with van der Waals surface area (Å²) < 4.78 is 42.9. The van der Waals surface area contributed by atoms with Crippen molar-refractivity contribution in [3.63, 3.8) is 0 Å². The minimum absolute atomic E-state index is 0.128. The van der Waals surface area contributed by atoms with Gasteiger partial charge in [0.1, 0.15) is 0 Å². The molecule has 8 heteroatoms. The van der Waals surface area contributed by atoms with Crippen LogP contribution in [0.2, 0.25) is 0 Å². The van der Waals surface area contributed by atoms with Crippen molar-refractivity contribution >= 4 is 5.97 Å². The number of carbonyl (C=O) groups excluding carboxylic acids is 1. The summed E-state index contributed by atoms with van der Waals surface area (Å²) in [5, 5.41) is 0. The van der Waals surface area contributed by atoms with Gasteiger partial charge in [0.05, 0.1) is 18.2 Å². The minimum atomic E-state index is -4.38. The summed E-state index contributed by atoms with van der Waals surface area (Å²) in [7, 11) is 1.32. The number of aromatic nitrogens is 3. The molecule has 31 heavy (non-hydrogen) atoms. The second kappa shape index (κ2) is 9.68. The molecule has 0 bridgehead atoms. The predicted octanol–water partition coefficient (Wildman–Crippen LogP) is 5.47. The first kappa shape index (κ1) is 22.4. The van der Waals surface area contributed by atoms with Crippen molar-refractivity contribution in [1.82, 2.24) is 15.0 Å². The summed E-state index contributed by atoms with van der Waals surface area (Å²) in [6.07, 6.45) is 3.04. The van der Waals surface area contributed by atoms with E-state index in [4.69, 9.17) is 0 Å². The van der Waals surface area contributed by atoms with Crippen LogP contribution in [0.3, 0.4) is 0 Å². The molecule has 0 fully saturated rings. The van der Waals surface area contributed by atoms with Gasteiger partial charge in [-0.15, -0.1) is 0 Å². The van der Waals surface area contributed by atoms with Crippen LogP contribution in [-0.2, 0) is 17.3 Å². The van der Waals surface area contributed by atoms with Crippen LogP contribution in [0.1, 0.15) is 52.9 Å². The van der Waals surface area contributed by atoms with Gasteiger partial charge >= 0.3 is 12.1 Å². The van der Waals surface area contributed by atoms with E-state index in [-0.39, 0.29) is 5.92 Å². The second-order valence-electron chi connectivity index (χ2n) is 7.13. The van der Waals surface area contributed by atoms with E-state index in [0.717, 1.165) is 36.2 Å². The van der Waals surface area contributed by atoms with E-state index >= 15 is 0 Å². The van der Waals surface area contributed by atoms with Crippen molar-refractivity contribution in [3.8, 4) is 11.4 Å². The standard InChI is InChI=1S/C23H22F3N3O2/c1-3-4-16(11-20-10-7-17(12-27-20)22(30)31-2)18-13-28-21(29-14-18)15-5-8-19(9-6-15)23(24,25)26/h5-10,12-14,16H,3-4,11H2,1-2H3. The van der Waals surface area contributed by atoms with Crippen molar-refractivity contribution in [2.24, 2.45) is 0 Å². The molecule has 162 valence electrons. The van der Waals surface area contributed by atoms with Gasteiger partial charge in [-0.05, 0) is 48.6 Å². The van der Waals surface area contributed by atoms with E-state index in [1.165, 1.54) is 25.4 Å². The number of benzene rings is 1. The first-order chi connectivity index (χ1) is 14.8. The third kappa shape index (κ3) is 5.65. The van der Waals surface area contributed by atoms with E-state index in [1.807, 2.05) is 0 Å². The average Bonchev–Trinajstić information content (AvgIpc) is 2.78. The van der Waals surface area contributed by atoms with Gasteiger partial charge in [0, 0.05) is 29.8 Å². The Kier molecular flexibility index (Phi) is 6.99. The fourth-order valence-electron chi connectivity index (χ4n) is 3.28. The minimum Gasteiger partial charge on any atom is -0.465 e. The highest BCUT2D eigenvalue weighted by atomic mass is 19.4. The number of nitrogens with zero attached hydrogens (tertiary/aromatic N) is 3. The zero-order chi connectivity index (χ0) is 22.4. The van der Waals surface area contributed by atoms with Crippen LogP contribution < -0.4 is 0 Å². The molecule has 2 heterocycles. The third-order valence-corrected chi connectivity index (χ3v) is 4.95. The molecular weight excluding hydrogens is 407 g/mol. The number of hydrogen-bond acceptors (Lipinski definition) is 5. The summed E-state index contributed by atoms with van der Waals surface area (Å²) in [6, 6.07) is 8.27. The molecule has 0 N–H and O–H groups in total. The van der Waals surface area contributed by atoms with Crippen LogP contribution in [0, 0.1) is 0 Å². The molecule has 0 aliphatic carbocycles. The highest BCUT2D eigenvalue weighted by Crippen LogP contribution is 2.31. The zero-order valence-electron chi connectivity index (χ0n) is 17.2. The Morgan fingerprint density at radius 3 is 2.19 bits per heavy atom. The normalized spacial score (nSPS) is 12.4. The number of pyridine rings is 1. The SMILES string of the molecule is CCCC(Cc1ccc(C(=O)OC)cn1)c1cnc(-c2ccc(C(F)(F)F)cc2)nc1. The fraction of sp³-hybridized carbons (Fsp3) is 0.304. The number of methoxy groups -OCH3 is 1. The molecule has 0 spiro atoms. The number of halogens is 3. The van der Waals surface area contributed by atoms with E-state index in [0.29, 0.717) is 23.4 Å². The Bertz CT molecular complexity index is 1000. The lowest BCUT2D eigenvalue weighted by Gasteiger charge is -2.16. The summed E-state index contributed by atoms with van der Waals surface area (Å²) in [5.41, 5.74) is 1.96. The molecule has 1 atom stereocenters. The summed E-state index contributed by atoms with van der Waals surface area (Å²) >= 11 is 0. The number of ether oxygens (including phenoxy) is 1. The Morgan fingerprint density at radius 1 is 1.00 bits per heavy atom. The highest BCUT2D eigenvalue weighted by molar-refractivity contribution is 5.88. The van der Waals surface area contributed by atoms with E-state index in [2.05, 4.69) is 26.6 Å². The van der Waals surface area contributed by atoms with Crippen molar-refractivity contribution in [2.75, 3.05) is 7.11 Å². The van der Waals surface area contributed by atoms with E-state index in [1.54, 1.807) is 24.5 Å². The third-order valence-electron chi connectivity index (χ3n) is 4.95. The van der Waals surface area contributed by atoms with Crippen molar-refractivity contribution in [2.45, 2.75) is 38.3 Å². The van der Waals surface area contributed by atoms with Crippen LogP contribution in [0.15, 0.2) is 55.0 Å². The molecule has 1 unspecified atom stereocenters. The first-order valence-electron chi connectivity index (χ1n) is 9.84. The first-order valence-corrected chi connectivity index (χ1v) is 9.84. The van der Waals surface area contributed by atoms with Crippen LogP contribution in [0.25, 0.3) is 11.4 Å². The lowest BCUT2D eigenvalue weighted by Crippen LogP contribution is -2.08. The zero-order valence-corrected chi connectivity index (χ0v) is 17.2. The number of alkyl halides is 3. The molecule has 0 saturated carbocycles. The highest BCUT2D eigenvalue weighted by Gasteiger charge is 2.30. The number of carbonyl (C=O) groups is 1. The lowest BCUT2D eigenvalue weighted by molar-refractivity contribution is -0.137. The predicted molar refractivity (Wildman–Crippen MR) is 109 cm³/mol. The van der Waals surface area contributed by atoms with Gasteiger partial charge in [0.2, 0.25) is 0 Å². The Morgan fingerprint density at radius 2 is 1.68 bits per heavy atom. The molecule has 2 aromatic heterocycles. The fourth-order valence-corrected chi connectivity index (χ4v) is 3.28. The van der Waals surface area contributed by atoms with Gasteiger partial charge in [0.25, 0.3) is 0 Å². The summed E-state index contributed by atoms with van der Waals surface area (Å²) in [6.45, 7) is 2.08. The second-order valence-corrected chi connectivity index (χ2v) is 7.13. The maximum atomic E-state index is 12.7. The molecule has 0 aliphatic rings. The molecule has 3 aromatic rings. The van der Waals surface area contributed by atoms with Crippen LogP contribution >= 0.6 is 0 Å². The maximum absolute atomic E-state index is 12.7. The molecule has 0 radical (unpaired) electrons. The molecule has 5 nitrogen and oxygen atoms in total. The van der Waals surface area contributed by atoms with E-state index < -0.39 is 17.7 Å². The molecule has 3 rings (SSSR count). The average molecular weight is 429 g/mol. The van der Waals surface area contributed by atoms with Gasteiger partial charge in [-0.1, -0.05) is 25.5 Å². The number of hydrogen-bond donors (Lipinski definition) is 0. The van der Waals surface area contributed by atoms with Crippen molar-refractivity contribution in [1.29, 1.82) is 0 Å². The van der Waals surface area contributed by atoms with Crippen LogP contribution in [-0.4, -0.2) is 28.0 Å². The largest absolute Gasteiger partial charge is 0.465 e. The van der Waals surface area contributed by atoms with Crippen molar-refractivity contribution < 1.29 is 22.7 Å². The molecular formula is C23H22F3N3O2. The Hall–Kier alpha value is -3.29. The summed E-state index contributed by atoms with van der Waals surface area (Å²) in [4.78, 5) is 24.6. The summed E-state index contributed by atoms with van der Waals surface area (Å²) in [5.74, 6) is 0.0628. The smallest absolute Gasteiger partial charge is 0.416 e.